The number of rotatable bonds is 6. The van der Waals surface area contributed by atoms with Crippen molar-refractivity contribution in [3.05, 3.63) is 72.4 Å². The van der Waals surface area contributed by atoms with Crippen molar-refractivity contribution in [2.24, 2.45) is 0 Å². The first-order valence-corrected chi connectivity index (χ1v) is 10.2. The van der Waals surface area contributed by atoms with Crippen LogP contribution in [0.15, 0.2) is 59.3 Å². The Hall–Kier alpha value is -3.81. The minimum atomic E-state index is -0.283. The van der Waals surface area contributed by atoms with Gasteiger partial charge in [0.15, 0.2) is 0 Å². The maximum atomic E-state index is 13.7. The first-order chi connectivity index (χ1) is 15.1. The van der Waals surface area contributed by atoms with Crippen molar-refractivity contribution in [3.8, 4) is 22.8 Å². The lowest BCUT2D eigenvalue weighted by atomic mass is 10.2. The van der Waals surface area contributed by atoms with Gasteiger partial charge in [-0.3, -0.25) is 0 Å². The predicted molar refractivity (Wildman–Crippen MR) is 115 cm³/mol. The van der Waals surface area contributed by atoms with Crippen LogP contribution in [-0.4, -0.2) is 29.3 Å². The lowest BCUT2D eigenvalue weighted by molar-refractivity contribution is 0.533. The SMILES string of the molecule is CCCn1c(Cn2ccnc2-c2cccc(F)c2)nc2ccc(-c3nnc(C)o3)cc21. The zero-order chi connectivity index (χ0) is 21.4. The molecule has 0 saturated carbocycles. The highest BCUT2D eigenvalue weighted by Gasteiger charge is 2.16. The third-order valence-corrected chi connectivity index (χ3v) is 5.16. The quantitative estimate of drug-likeness (QED) is 0.395. The Bertz CT molecular complexity index is 1370. The zero-order valence-corrected chi connectivity index (χ0v) is 17.3. The molecule has 2 aromatic carbocycles. The molecule has 0 fully saturated rings. The lowest BCUT2D eigenvalue weighted by Crippen LogP contribution is -2.09. The lowest BCUT2D eigenvalue weighted by Gasteiger charge is -2.11. The van der Waals surface area contributed by atoms with Crippen LogP contribution in [0.5, 0.6) is 0 Å². The van der Waals surface area contributed by atoms with Crippen LogP contribution in [0.25, 0.3) is 33.9 Å². The molecule has 0 bridgehead atoms. The third kappa shape index (κ3) is 3.61. The topological polar surface area (TPSA) is 74.6 Å². The van der Waals surface area contributed by atoms with Crippen molar-refractivity contribution in [2.75, 3.05) is 0 Å². The van der Waals surface area contributed by atoms with Gasteiger partial charge in [0.05, 0.1) is 17.6 Å². The molecular formula is C23H21FN6O. The summed E-state index contributed by atoms with van der Waals surface area (Å²) in [6, 6.07) is 12.4. The Kier molecular flexibility index (Phi) is 4.82. The first-order valence-electron chi connectivity index (χ1n) is 10.2. The molecule has 3 heterocycles. The molecule has 31 heavy (non-hydrogen) atoms. The van der Waals surface area contributed by atoms with E-state index in [1.165, 1.54) is 12.1 Å². The molecule has 0 atom stereocenters. The number of imidazole rings is 2. The summed E-state index contributed by atoms with van der Waals surface area (Å²) in [6.07, 6.45) is 4.58. The number of benzene rings is 2. The number of fused-ring (bicyclic) bond motifs is 1. The van der Waals surface area contributed by atoms with E-state index < -0.39 is 0 Å². The van der Waals surface area contributed by atoms with Gasteiger partial charge in [-0.25, -0.2) is 14.4 Å². The number of aryl methyl sites for hydroxylation is 2. The second kappa shape index (κ2) is 7.79. The van der Waals surface area contributed by atoms with Crippen molar-refractivity contribution in [3.63, 3.8) is 0 Å². The maximum Gasteiger partial charge on any atom is 0.247 e. The number of nitrogens with zero attached hydrogens (tertiary/aromatic N) is 6. The molecule has 5 rings (SSSR count). The predicted octanol–water partition coefficient (Wildman–Crippen LogP) is 4.86. The van der Waals surface area contributed by atoms with Crippen LogP contribution in [0.2, 0.25) is 0 Å². The van der Waals surface area contributed by atoms with Crippen LogP contribution in [0.4, 0.5) is 4.39 Å². The fourth-order valence-corrected chi connectivity index (χ4v) is 3.79. The first kappa shape index (κ1) is 19.2. The molecule has 8 heteroatoms. The van der Waals surface area contributed by atoms with E-state index in [1.54, 1.807) is 19.2 Å². The molecule has 0 aliphatic heterocycles. The van der Waals surface area contributed by atoms with E-state index >= 15 is 0 Å². The summed E-state index contributed by atoms with van der Waals surface area (Å²) in [4.78, 5) is 9.31. The molecule has 0 spiro atoms. The van der Waals surface area contributed by atoms with Gasteiger partial charge in [0, 0.05) is 37.0 Å². The van der Waals surface area contributed by atoms with Crippen molar-refractivity contribution in [2.45, 2.75) is 33.4 Å². The summed E-state index contributed by atoms with van der Waals surface area (Å²) in [7, 11) is 0. The van der Waals surface area contributed by atoms with Crippen LogP contribution in [0.1, 0.15) is 25.1 Å². The fraction of sp³-hybridized carbons (Fsp3) is 0.217. The van der Waals surface area contributed by atoms with Gasteiger partial charge in [-0.2, -0.15) is 0 Å². The minimum Gasteiger partial charge on any atom is -0.421 e. The van der Waals surface area contributed by atoms with Crippen molar-refractivity contribution in [1.82, 2.24) is 29.3 Å². The average Bonchev–Trinajstić information content (AvgIpc) is 3.48. The van der Waals surface area contributed by atoms with Gasteiger partial charge in [0.25, 0.3) is 0 Å². The van der Waals surface area contributed by atoms with Gasteiger partial charge < -0.3 is 13.6 Å². The van der Waals surface area contributed by atoms with E-state index in [2.05, 4.69) is 26.7 Å². The highest BCUT2D eigenvalue weighted by molar-refractivity contribution is 5.81. The van der Waals surface area contributed by atoms with Gasteiger partial charge in [-0.1, -0.05) is 19.1 Å². The van der Waals surface area contributed by atoms with Crippen LogP contribution >= 0.6 is 0 Å². The van der Waals surface area contributed by atoms with Gasteiger partial charge in [-0.15, -0.1) is 10.2 Å². The molecule has 0 unspecified atom stereocenters. The summed E-state index contributed by atoms with van der Waals surface area (Å²) >= 11 is 0. The normalized spacial score (nSPS) is 11.5. The molecule has 5 aromatic rings. The van der Waals surface area contributed by atoms with Gasteiger partial charge in [0.2, 0.25) is 11.8 Å². The summed E-state index contributed by atoms with van der Waals surface area (Å²) in [5.41, 5.74) is 3.51. The highest BCUT2D eigenvalue weighted by Crippen LogP contribution is 2.26. The summed E-state index contributed by atoms with van der Waals surface area (Å²) in [5, 5.41) is 8.05. The standard InChI is InChI=1S/C23H21FN6O/c1-3-10-30-20-13-17(23-28-27-15(2)31-23)7-8-19(20)26-21(30)14-29-11-9-25-22(29)16-5-4-6-18(24)12-16/h4-9,11-13H,3,10,14H2,1-2H3. The van der Waals surface area contributed by atoms with Crippen molar-refractivity contribution >= 4 is 11.0 Å². The monoisotopic (exact) mass is 416 g/mol. The van der Waals surface area contributed by atoms with Crippen molar-refractivity contribution < 1.29 is 8.81 Å². The molecule has 7 nitrogen and oxygen atoms in total. The van der Waals surface area contributed by atoms with Crippen LogP contribution in [-0.2, 0) is 13.1 Å². The largest absolute Gasteiger partial charge is 0.421 e. The van der Waals surface area contributed by atoms with Crippen molar-refractivity contribution in [1.29, 1.82) is 0 Å². The third-order valence-electron chi connectivity index (χ3n) is 5.16. The molecule has 0 aliphatic rings. The molecule has 3 aromatic heterocycles. The molecule has 0 N–H and O–H groups in total. The van der Waals surface area contributed by atoms with Crippen LogP contribution < -0.4 is 0 Å². The molecular weight excluding hydrogens is 395 g/mol. The van der Waals surface area contributed by atoms with Gasteiger partial charge in [-0.05, 0) is 36.8 Å². The Labute approximate surface area is 178 Å². The molecule has 0 amide bonds. The number of hydrogen-bond donors (Lipinski definition) is 0. The second-order valence-corrected chi connectivity index (χ2v) is 7.40. The Balaban J connectivity index is 1.56. The van der Waals surface area contributed by atoms with Crippen LogP contribution in [0.3, 0.4) is 0 Å². The zero-order valence-electron chi connectivity index (χ0n) is 17.3. The van der Waals surface area contributed by atoms with Gasteiger partial charge >= 0.3 is 0 Å². The Morgan fingerprint density at radius 3 is 2.74 bits per heavy atom. The van der Waals surface area contributed by atoms with E-state index in [1.807, 2.05) is 35.0 Å². The smallest absolute Gasteiger partial charge is 0.247 e. The van der Waals surface area contributed by atoms with Gasteiger partial charge in [0.1, 0.15) is 17.5 Å². The summed E-state index contributed by atoms with van der Waals surface area (Å²) in [5.74, 6) is 2.35. The minimum absolute atomic E-state index is 0.283. The van der Waals surface area contributed by atoms with E-state index in [0.29, 0.717) is 24.2 Å². The number of halogens is 1. The average molecular weight is 416 g/mol. The maximum absolute atomic E-state index is 13.7. The Morgan fingerprint density at radius 2 is 1.97 bits per heavy atom. The second-order valence-electron chi connectivity index (χ2n) is 7.40. The van der Waals surface area contributed by atoms with E-state index in [4.69, 9.17) is 9.40 Å². The molecule has 0 radical (unpaired) electrons. The van der Waals surface area contributed by atoms with E-state index in [0.717, 1.165) is 41.0 Å². The summed E-state index contributed by atoms with van der Waals surface area (Å²) in [6.45, 7) is 5.25. The fourth-order valence-electron chi connectivity index (χ4n) is 3.79. The summed E-state index contributed by atoms with van der Waals surface area (Å²) < 4.78 is 23.5. The molecule has 156 valence electrons. The van der Waals surface area contributed by atoms with Crippen LogP contribution in [0, 0.1) is 12.7 Å². The molecule has 0 saturated heterocycles. The number of hydrogen-bond acceptors (Lipinski definition) is 5. The van der Waals surface area contributed by atoms with E-state index in [9.17, 15) is 4.39 Å². The number of aromatic nitrogens is 6. The Morgan fingerprint density at radius 1 is 1.06 bits per heavy atom. The van der Waals surface area contributed by atoms with E-state index in [-0.39, 0.29) is 5.82 Å². The molecule has 0 aliphatic carbocycles. The highest BCUT2D eigenvalue weighted by atomic mass is 19.1.